The summed E-state index contributed by atoms with van der Waals surface area (Å²) in [6.07, 6.45) is 14.4. The number of rotatable bonds is 10. The minimum atomic E-state index is -0.0927. The van der Waals surface area contributed by atoms with Crippen molar-refractivity contribution in [2.45, 2.75) is 90.9 Å². The summed E-state index contributed by atoms with van der Waals surface area (Å²) in [6.45, 7) is 4.54. The van der Waals surface area contributed by atoms with Crippen LogP contribution in [-0.4, -0.2) is 0 Å². The molecule has 2 aromatic rings. The summed E-state index contributed by atoms with van der Waals surface area (Å²) in [5, 5.41) is 9.88. The van der Waals surface area contributed by atoms with E-state index >= 15 is 0 Å². The zero-order valence-corrected chi connectivity index (χ0v) is 19.1. The van der Waals surface area contributed by atoms with Crippen molar-refractivity contribution in [2.75, 3.05) is 0 Å². The molecule has 1 saturated carbocycles. The van der Waals surface area contributed by atoms with Crippen LogP contribution in [0.4, 0.5) is 0 Å². The first-order valence-electron chi connectivity index (χ1n) is 12.3. The van der Waals surface area contributed by atoms with Gasteiger partial charge in [-0.2, -0.15) is 5.26 Å². The van der Waals surface area contributed by atoms with E-state index in [0.717, 1.165) is 31.6 Å². The molecule has 0 spiro atoms. The molecule has 0 saturated heterocycles. The molecule has 3 rings (SSSR count). The first-order valence-corrected chi connectivity index (χ1v) is 12.3. The Morgan fingerprint density at radius 1 is 0.867 bits per heavy atom. The Labute approximate surface area is 184 Å². The van der Waals surface area contributed by atoms with Crippen LogP contribution in [0.2, 0.25) is 0 Å². The molecule has 0 bridgehead atoms. The maximum absolute atomic E-state index is 9.88. The highest BCUT2D eigenvalue weighted by molar-refractivity contribution is 5.64. The van der Waals surface area contributed by atoms with Crippen molar-refractivity contribution in [3.8, 4) is 17.2 Å². The molecule has 0 radical (unpaired) electrons. The molecular formula is C29H39N. The van der Waals surface area contributed by atoms with Gasteiger partial charge in [0.25, 0.3) is 0 Å². The molecular weight excluding hydrogens is 362 g/mol. The summed E-state index contributed by atoms with van der Waals surface area (Å²) in [6, 6.07) is 20.9. The lowest BCUT2D eigenvalue weighted by Crippen LogP contribution is -2.27. The van der Waals surface area contributed by atoms with Gasteiger partial charge in [0.05, 0.1) is 11.5 Å². The van der Waals surface area contributed by atoms with Crippen LogP contribution in [0.25, 0.3) is 11.1 Å². The molecule has 1 heteroatoms. The maximum Gasteiger partial charge on any atom is 0.0689 e. The molecule has 0 amide bonds. The molecule has 0 aromatic heterocycles. The van der Waals surface area contributed by atoms with Crippen molar-refractivity contribution in [1.29, 1.82) is 5.26 Å². The van der Waals surface area contributed by atoms with Gasteiger partial charge in [-0.25, -0.2) is 0 Å². The van der Waals surface area contributed by atoms with Crippen LogP contribution < -0.4 is 0 Å². The highest BCUT2D eigenvalue weighted by Gasteiger charge is 2.35. The summed E-state index contributed by atoms with van der Waals surface area (Å²) < 4.78 is 0. The average molecular weight is 402 g/mol. The number of aryl methyl sites for hydroxylation is 2. The van der Waals surface area contributed by atoms with Gasteiger partial charge in [-0.3, -0.25) is 0 Å². The molecule has 0 aliphatic heterocycles. The lowest BCUT2D eigenvalue weighted by atomic mass is 9.67. The van der Waals surface area contributed by atoms with E-state index in [1.165, 1.54) is 73.6 Å². The Morgan fingerprint density at radius 2 is 1.50 bits per heavy atom. The Hall–Kier alpha value is -2.07. The van der Waals surface area contributed by atoms with E-state index in [1.807, 2.05) is 0 Å². The topological polar surface area (TPSA) is 23.8 Å². The van der Waals surface area contributed by atoms with Crippen LogP contribution in [0, 0.1) is 22.7 Å². The summed E-state index contributed by atoms with van der Waals surface area (Å²) in [5.74, 6) is 0.746. The highest BCUT2D eigenvalue weighted by Crippen LogP contribution is 2.43. The molecule has 1 aliphatic carbocycles. The summed E-state index contributed by atoms with van der Waals surface area (Å²) in [4.78, 5) is 0. The van der Waals surface area contributed by atoms with Gasteiger partial charge in [0.1, 0.15) is 0 Å². The number of benzene rings is 2. The zero-order chi connectivity index (χ0) is 21.2. The second-order valence-electron chi connectivity index (χ2n) is 9.47. The van der Waals surface area contributed by atoms with Crippen LogP contribution >= 0.6 is 0 Å². The van der Waals surface area contributed by atoms with Gasteiger partial charge >= 0.3 is 0 Å². The summed E-state index contributed by atoms with van der Waals surface area (Å²) in [5.41, 5.74) is 5.30. The smallest absolute Gasteiger partial charge is 0.0689 e. The Morgan fingerprint density at radius 3 is 2.07 bits per heavy atom. The fraction of sp³-hybridized carbons (Fsp3) is 0.552. The average Bonchev–Trinajstić information content (AvgIpc) is 2.81. The number of unbranched alkanes of at least 4 members (excludes halogenated alkanes) is 3. The molecule has 2 atom stereocenters. The minimum Gasteiger partial charge on any atom is -0.198 e. The molecule has 0 heterocycles. The van der Waals surface area contributed by atoms with Gasteiger partial charge in [-0.15, -0.1) is 0 Å². The van der Waals surface area contributed by atoms with E-state index in [-0.39, 0.29) is 5.41 Å². The first-order chi connectivity index (χ1) is 14.7. The maximum atomic E-state index is 9.88. The third kappa shape index (κ3) is 6.21. The first kappa shape index (κ1) is 22.6. The van der Waals surface area contributed by atoms with Gasteiger partial charge in [0.15, 0.2) is 0 Å². The van der Waals surface area contributed by atoms with E-state index in [0.29, 0.717) is 0 Å². The van der Waals surface area contributed by atoms with Crippen molar-refractivity contribution in [3.63, 3.8) is 0 Å². The third-order valence-corrected chi connectivity index (χ3v) is 7.21. The molecule has 1 nitrogen and oxygen atoms in total. The molecule has 0 N–H and O–H groups in total. The summed E-state index contributed by atoms with van der Waals surface area (Å²) >= 11 is 0. The molecule has 2 unspecified atom stereocenters. The molecule has 1 fully saturated rings. The molecule has 1 aliphatic rings. The van der Waals surface area contributed by atoms with Crippen LogP contribution in [0.5, 0.6) is 0 Å². The quantitative estimate of drug-likeness (QED) is 0.366. The Bertz CT molecular complexity index is 796. The summed E-state index contributed by atoms with van der Waals surface area (Å²) in [7, 11) is 0. The fourth-order valence-electron chi connectivity index (χ4n) is 5.09. The lowest BCUT2D eigenvalue weighted by molar-refractivity contribution is 0.183. The van der Waals surface area contributed by atoms with Crippen LogP contribution in [0.1, 0.15) is 89.2 Å². The minimum absolute atomic E-state index is 0.0927. The SMILES string of the molecule is CCCCCCc1ccc(-c2ccc(CCC3(C#N)CCCC(CC)C3)cc2)cc1. The number of nitrogens with zero attached hydrogens (tertiary/aromatic N) is 1. The van der Waals surface area contributed by atoms with E-state index in [4.69, 9.17) is 0 Å². The molecule has 30 heavy (non-hydrogen) atoms. The van der Waals surface area contributed by atoms with E-state index in [1.54, 1.807) is 0 Å². The van der Waals surface area contributed by atoms with Crippen molar-refractivity contribution in [2.24, 2.45) is 11.3 Å². The predicted octanol–water partition coefficient (Wildman–Crippen LogP) is 8.52. The van der Waals surface area contributed by atoms with E-state index in [9.17, 15) is 5.26 Å². The molecule has 2 aromatic carbocycles. The van der Waals surface area contributed by atoms with E-state index in [2.05, 4.69) is 68.4 Å². The largest absolute Gasteiger partial charge is 0.198 e. The van der Waals surface area contributed by atoms with Crippen molar-refractivity contribution < 1.29 is 0 Å². The van der Waals surface area contributed by atoms with Gasteiger partial charge in [-0.1, -0.05) is 101 Å². The van der Waals surface area contributed by atoms with Crippen molar-refractivity contribution in [3.05, 3.63) is 59.7 Å². The van der Waals surface area contributed by atoms with Gasteiger partial charge < -0.3 is 0 Å². The van der Waals surface area contributed by atoms with E-state index < -0.39 is 0 Å². The fourth-order valence-corrected chi connectivity index (χ4v) is 5.09. The number of hydrogen-bond acceptors (Lipinski definition) is 1. The Balaban J connectivity index is 1.55. The van der Waals surface area contributed by atoms with Gasteiger partial charge in [-0.05, 0) is 66.7 Å². The Kier molecular flexibility index (Phi) is 8.56. The predicted molar refractivity (Wildman–Crippen MR) is 128 cm³/mol. The lowest BCUT2D eigenvalue weighted by Gasteiger charge is -2.35. The zero-order valence-electron chi connectivity index (χ0n) is 19.1. The third-order valence-electron chi connectivity index (χ3n) is 7.21. The molecule has 160 valence electrons. The highest BCUT2D eigenvalue weighted by atomic mass is 14.4. The standard InChI is InChI=1S/C29H39N/c1-3-5-6-7-9-25-11-15-27(16-12-25)28-17-13-26(14-18-28)19-21-29(23-30)20-8-10-24(4-2)22-29/h11-18,24H,3-10,19-22H2,1-2H3. The second kappa shape index (κ2) is 11.4. The van der Waals surface area contributed by atoms with Crippen LogP contribution in [0.15, 0.2) is 48.5 Å². The van der Waals surface area contributed by atoms with Gasteiger partial charge in [0.2, 0.25) is 0 Å². The van der Waals surface area contributed by atoms with Crippen molar-refractivity contribution in [1.82, 2.24) is 0 Å². The second-order valence-corrected chi connectivity index (χ2v) is 9.47. The van der Waals surface area contributed by atoms with Crippen LogP contribution in [0.3, 0.4) is 0 Å². The number of hydrogen-bond donors (Lipinski definition) is 0. The number of nitriles is 1. The normalized spacial score (nSPS) is 21.3. The van der Waals surface area contributed by atoms with Gasteiger partial charge in [0, 0.05) is 0 Å². The van der Waals surface area contributed by atoms with Crippen molar-refractivity contribution >= 4 is 0 Å². The monoisotopic (exact) mass is 401 g/mol. The van der Waals surface area contributed by atoms with Crippen LogP contribution in [-0.2, 0) is 12.8 Å².